The summed E-state index contributed by atoms with van der Waals surface area (Å²) in [5, 5.41) is 21.5. The molecule has 0 aromatic heterocycles. The number of aliphatic hydroxyl groups excluding tert-OH is 1. The first kappa shape index (κ1) is 14.4. The lowest BCUT2D eigenvalue weighted by Gasteiger charge is -2.22. The van der Waals surface area contributed by atoms with Crippen molar-refractivity contribution in [3.8, 4) is 6.07 Å². The molecule has 5 heteroatoms. The van der Waals surface area contributed by atoms with Crippen LogP contribution in [-0.4, -0.2) is 29.3 Å². The van der Waals surface area contributed by atoms with Gasteiger partial charge < -0.3 is 10.4 Å². The lowest BCUT2D eigenvalue weighted by atomic mass is 10.2. The number of rotatable bonds is 5. The van der Waals surface area contributed by atoms with Gasteiger partial charge in [-0.3, -0.25) is 0 Å². The lowest BCUT2D eigenvalue weighted by molar-refractivity contribution is 0.288. The molecule has 2 N–H and O–H groups in total. The lowest BCUT2D eigenvalue weighted by Crippen LogP contribution is -2.30. The minimum absolute atomic E-state index is 0.146. The maximum atomic E-state index is 9.20. The van der Waals surface area contributed by atoms with Gasteiger partial charge in [0.2, 0.25) is 0 Å². The zero-order valence-corrected chi connectivity index (χ0v) is 12.2. The van der Waals surface area contributed by atoms with E-state index in [0.717, 1.165) is 10.2 Å². The highest BCUT2D eigenvalue weighted by atomic mass is 79.9. The van der Waals surface area contributed by atoms with Crippen LogP contribution in [-0.2, 0) is 0 Å². The fourth-order valence-electron chi connectivity index (χ4n) is 1.49. The summed E-state index contributed by atoms with van der Waals surface area (Å²) >= 11 is 4.98. The van der Waals surface area contributed by atoms with Crippen molar-refractivity contribution in [3.05, 3.63) is 28.2 Å². The molecule has 0 amide bonds. The fourth-order valence-corrected chi connectivity index (χ4v) is 2.58. The average Bonchev–Trinajstić information content (AvgIpc) is 2.31. The Kier molecular flexibility index (Phi) is 5.83. The Morgan fingerprint density at radius 2 is 2.29 bits per heavy atom. The molecule has 1 aromatic rings. The van der Waals surface area contributed by atoms with Crippen LogP contribution in [0.1, 0.15) is 12.5 Å². The summed E-state index contributed by atoms with van der Waals surface area (Å²) in [7, 11) is 0. The van der Waals surface area contributed by atoms with Gasteiger partial charge >= 0.3 is 0 Å². The van der Waals surface area contributed by atoms with E-state index in [0.29, 0.717) is 5.56 Å². The number of nitrogens with zero attached hydrogens (tertiary/aromatic N) is 1. The van der Waals surface area contributed by atoms with Crippen LogP contribution in [0.15, 0.2) is 22.7 Å². The van der Waals surface area contributed by atoms with Crippen LogP contribution in [0.25, 0.3) is 0 Å². The number of thioether (sulfide) groups is 1. The Labute approximate surface area is 114 Å². The van der Waals surface area contributed by atoms with Crippen molar-refractivity contribution in [2.75, 3.05) is 18.2 Å². The summed E-state index contributed by atoms with van der Waals surface area (Å²) in [4.78, 5) is 0. The van der Waals surface area contributed by atoms with Crippen LogP contribution < -0.4 is 5.32 Å². The van der Waals surface area contributed by atoms with Crippen LogP contribution in [0.5, 0.6) is 0 Å². The van der Waals surface area contributed by atoms with Crippen LogP contribution >= 0.6 is 27.7 Å². The first-order valence-electron chi connectivity index (χ1n) is 5.22. The third kappa shape index (κ3) is 3.91. The monoisotopic (exact) mass is 314 g/mol. The SMILES string of the molecule is CSC(CO)C(C)Nc1ccc(C#N)c(Br)c1. The average molecular weight is 315 g/mol. The molecule has 0 saturated carbocycles. The molecule has 0 fully saturated rings. The van der Waals surface area contributed by atoms with Gasteiger partial charge in [0.25, 0.3) is 0 Å². The van der Waals surface area contributed by atoms with Gasteiger partial charge in [-0.25, -0.2) is 0 Å². The second kappa shape index (κ2) is 6.90. The molecule has 1 aromatic carbocycles. The minimum Gasteiger partial charge on any atom is -0.395 e. The van der Waals surface area contributed by atoms with E-state index >= 15 is 0 Å². The zero-order chi connectivity index (χ0) is 12.8. The molecule has 0 aliphatic rings. The third-order valence-corrected chi connectivity index (χ3v) is 4.34. The van der Waals surface area contributed by atoms with Crippen molar-refractivity contribution in [2.45, 2.75) is 18.2 Å². The maximum Gasteiger partial charge on any atom is 0.100 e. The molecule has 2 atom stereocenters. The second-order valence-corrected chi connectivity index (χ2v) is 5.63. The Balaban J connectivity index is 2.76. The van der Waals surface area contributed by atoms with Crippen LogP contribution in [0.2, 0.25) is 0 Å². The maximum absolute atomic E-state index is 9.20. The molecule has 0 heterocycles. The number of nitriles is 1. The summed E-state index contributed by atoms with van der Waals surface area (Å²) in [6.45, 7) is 2.18. The highest BCUT2D eigenvalue weighted by Gasteiger charge is 2.15. The normalized spacial score (nSPS) is 13.8. The molecule has 92 valence electrons. The summed E-state index contributed by atoms with van der Waals surface area (Å²) in [6.07, 6.45) is 1.98. The first-order chi connectivity index (χ1) is 8.12. The Bertz CT molecular complexity index is 415. The molecule has 2 unspecified atom stereocenters. The summed E-state index contributed by atoms with van der Waals surface area (Å²) in [6, 6.07) is 7.78. The molecule has 17 heavy (non-hydrogen) atoms. The minimum atomic E-state index is 0.146. The van der Waals surface area contributed by atoms with Crippen molar-refractivity contribution in [1.29, 1.82) is 5.26 Å². The third-order valence-electron chi connectivity index (χ3n) is 2.52. The standard InChI is InChI=1S/C12H15BrN2OS/c1-8(12(7-16)17-2)15-10-4-3-9(6-14)11(13)5-10/h3-5,8,12,15-16H,7H2,1-2H3. The van der Waals surface area contributed by atoms with Crippen LogP contribution in [0.4, 0.5) is 5.69 Å². The summed E-state index contributed by atoms with van der Waals surface area (Å²) < 4.78 is 0.780. The molecule has 0 aliphatic carbocycles. The van der Waals surface area contributed by atoms with Gasteiger partial charge in [0.05, 0.1) is 12.2 Å². The van der Waals surface area contributed by atoms with Gasteiger partial charge in [0.15, 0.2) is 0 Å². The number of hydrogen-bond donors (Lipinski definition) is 2. The molecule has 3 nitrogen and oxygen atoms in total. The fraction of sp³-hybridized carbons (Fsp3) is 0.417. The van der Waals surface area contributed by atoms with E-state index in [1.54, 1.807) is 17.8 Å². The predicted molar refractivity (Wildman–Crippen MR) is 76.3 cm³/mol. The molecule has 0 bridgehead atoms. The zero-order valence-electron chi connectivity index (χ0n) is 9.77. The van der Waals surface area contributed by atoms with Crippen molar-refractivity contribution in [2.24, 2.45) is 0 Å². The van der Waals surface area contributed by atoms with Gasteiger partial charge in [-0.15, -0.1) is 0 Å². The number of anilines is 1. The second-order valence-electron chi connectivity index (χ2n) is 3.70. The highest BCUT2D eigenvalue weighted by molar-refractivity contribution is 9.10. The Morgan fingerprint density at radius 1 is 1.59 bits per heavy atom. The van der Waals surface area contributed by atoms with Gasteiger partial charge in [-0.1, -0.05) is 0 Å². The van der Waals surface area contributed by atoms with E-state index in [1.807, 2.05) is 25.3 Å². The molecule has 0 spiro atoms. The van der Waals surface area contributed by atoms with Crippen molar-refractivity contribution in [1.82, 2.24) is 0 Å². The largest absolute Gasteiger partial charge is 0.395 e. The van der Waals surface area contributed by atoms with Crippen LogP contribution in [0.3, 0.4) is 0 Å². The Morgan fingerprint density at radius 3 is 2.76 bits per heavy atom. The molecule has 0 saturated heterocycles. The predicted octanol–water partition coefficient (Wildman–Crippen LogP) is 2.85. The topological polar surface area (TPSA) is 56.0 Å². The molecular weight excluding hydrogens is 300 g/mol. The number of hydrogen-bond acceptors (Lipinski definition) is 4. The van der Waals surface area contributed by atoms with E-state index in [2.05, 4.69) is 27.3 Å². The molecule has 1 rings (SSSR count). The van der Waals surface area contributed by atoms with Crippen molar-refractivity contribution in [3.63, 3.8) is 0 Å². The molecule has 0 aliphatic heterocycles. The van der Waals surface area contributed by atoms with Crippen LogP contribution in [0, 0.1) is 11.3 Å². The first-order valence-corrected chi connectivity index (χ1v) is 7.30. The van der Waals surface area contributed by atoms with Gasteiger partial charge in [-0.2, -0.15) is 17.0 Å². The number of nitrogens with one attached hydrogen (secondary N) is 1. The summed E-state index contributed by atoms with van der Waals surface area (Å²) in [5.74, 6) is 0. The number of benzene rings is 1. The van der Waals surface area contributed by atoms with E-state index < -0.39 is 0 Å². The van der Waals surface area contributed by atoms with Gasteiger partial charge in [0, 0.05) is 21.5 Å². The Hall–Kier alpha value is -0.700. The smallest absolute Gasteiger partial charge is 0.100 e. The van der Waals surface area contributed by atoms with E-state index in [1.165, 1.54) is 0 Å². The molecule has 0 radical (unpaired) electrons. The summed E-state index contributed by atoms with van der Waals surface area (Å²) in [5.41, 5.74) is 1.56. The number of aliphatic hydroxyl groups is 1. The number of halogens is 1. The highest BCUT2D eigenvalue weighted by Crippen LogP contribution is 2.23. The van der Waals surface area contributed by atoms with Crippen molar-refractivity contribution < 1.29 is 5.11 Å². The van der Waals surface area contributed by atoms with E-state index in [4.69, 9.17) is 5.26 Å². The quantitative estimate of drug-likeness (QED) is 0.877. The van der Waals surface area contributed by atoms with E-state index in [9.17, 15) is 5.11 Å². The van der Waals surface area contributed by atoms with Gasteiger partial charge in [-0.05, 0) is 47.3 Å². The molecular formula is C12H15BrN2OS. The van der Waals surface area contributed by atoms with Gasteiger partial charge in [0.1, 0.15) is 6.07 Å². The van der Waals surface area contributed by atoms with Crippen molar-refractivity contribution >= 4 is 33.4 Å². The van der Waals surface area contributed by atoms with E-state index in [-0.39, 0.29) is 17.9 Å².